The number of nitrogens with zero attached hydrogens (tertiary/aromatic N) is 2. The summed E-state index contributed by atoms with van der Waals surface area (Å²) in [7, 11) is -3.50. The third-order valence-corrected chi connectivity index (χ3v) is 5.93. The molecule has 0 radical (unpaired) electrons. The van der Waals surface area contributed by atoms with E-state index in [0.29, 0.717) is 11.3 Å². The zero-order valence-electron chi connectivity index (χ0n) is 19.1. The van der Waals surface area contributed by atoms with Crippen molar-refractivity contribution in [3.8, 4) is 5.69 Å². The summed E-state index contributed by atoms with van der Waals surface area (Å²) in [5.41, 5.74) is 0.707. The molecule has 3 rings (SSSR count). The second-order valence-electron chi connectivity index (χ2n) is 8.15. The highest BCUT2D eigenvalue weighted by molar-refractivity contribution is 7.88. The van der Waals surface area contributed by atoms with Crippen molar-refractivity contribution >= 4 is 15.9 Å². The maximum Gasteiger partial charge on any atom is 0.435 e. The molecule has 35 heavy (non-hydrogen) atoms. The fraction of sp³-hybridized carbons (Fsp3) is 0.304. The Morgan fingerprint density at radius 3 is 2.43 bits per heavy atom. The largest absolute Gasteiger partial charge is 0.435 e. The normalized spacial score (nSPS) is 13.0. The standard InChI is InChI=1S/C23H24F4N4O3S/c1-14-5-4-6-18(9-14)31-19(11-21(30-31)23(25,26)27)13-28-22(32)15(2)16-7-8-17(20(24)10-16)12-29-35(3,33)34/h4-11,15,29H,12-13H2,1-3H3,(H,28,32). The van der Waals surface area contributed by atoms with E-state index in [9.17, 15) is 30.8 Å². The Morgan fingerprint density at radius 1 is 1.11 bits per heavy atom. The van der Waals surface area contributed by atoms with Crippen molar-refractivity contribution < 1.29 is 30.8 Å². The van der Waals surface area contributed by atoms with E-state index in [4.69, 9.17) is 0 Å². The summed E-state index contributed by atoms with van der Waals surface area (Å²) in [5, 5.41) is 6.26. The third-order valence-electron chi connectivity index (χ3n) is 5.26. The molecule has 1 heterocycles. The summed E-state index contributed by atoms with van der Waals surface area (Å²) >= 11 is 0. The average molecular weight is 513 g/mol. The molecule has 3 aromatic rings. The maximum absolute atomic E-state index is 14.4. The molecule has 7 nitrogen and oxygen atoms in total. The monoisotopic (exact) mass is 512 g/mol. The van der Waals surface area contributed by atoms with Gasteiger partial charge < -0.3 is 5.32 Å². The highest BCUT2D eigenvalue weighted by Gasteiger charge is 2.35. The lowest BCUT2D eigenvalue weighted by molar-refractivity contribution is -0.141. The van der Waals surface area contributed by atoms with Crippen LogP contribution < -0.4 is 10.0 Å². The topological polar surface area (TPSA) is 93.1 Å². The van der Waals surface area contributed by atoms with E-state index in [2.05, 4.69) is 15.1 Å². The first-order valence-electron chi connectivity index (χ1n) is 10.5. The molecular formula is C23H24F4N4O3S. The molecule has 1 unspecified atom stereocenters. The molecule has 12 heteroatoms. The Bertz CT molecular complexity index is 1340. The molecular weight excluding hydrogens is 488 g/mol. The number of aryl methyl sites for hydroxylation is 1. The van der Waals surface area contributed by atoms with Gasteiger partial charge in [-0.25, -0.2) is 22.2 Å². The number of carbonyl (C=O) groups is 1. The van der Waals surface area contributed by atoms with Crippen molar-refractivity contribution in [2.24, 2.45) is 0 Å². The summed E-state index contributed by atoms with van der Waals surface area (Å²) in [6, 6.07) is 11.6. The molecule has 1 atom stereocenters. The molecule has 0 aliphatic carbocycles. The number of carbonyl (C=O) groups excluding carboxylic acids is 1. The summed E-state index contributed by atoms with van der Waals surface area (Å²) in [6.45, 7) is 2.84. The van der Waals surface area contributed by atoms with Crippen LogP contribution in [-0.2, 0) is 34.1 Å². The molecule has 0 saturated carbocycles. The van der Waals surface area contributed by atoms with E-state index in [1.54, 1.807) is 31.2 Å². The number of alkyl halides is 3. The van der Waals surface area contributed by atoms with E-state index >= 15 is 0 Å². The molecule has 0 aliphatic rings. The van der Waals surface area contributed by atoms with Crippen LogP contribution in [0.2, 0.25) is 0 Å². The van der Waals surface area contributed by atoms with Crippen LogP contribution in [0.5, 0.6) is 0 Å². The van der Waals surface area contributed by atoms with E-state index in [-0.39, 0.29) is 24.3 Å². The molecule has 0 fully saturated rings. The second-order valence-corrected chi connectivity index (χ2v) is 9.99. The number of sulfonamides is 1. The number of hydrogen-bond donors (Lipinski definition) is 2. The number of aromatic nitrogens is 2. The first-order valence-corrected chi connectivity index (χ1v) is 12.4. The van der Waals surface area contributed by atoms with Gasteiger partial charge >= 0.3 is 6.18 Å². The molecule has 2 aromatic carbocycles. The molecule has 2 N–H and O–H groups in total. The lowest BCUT2D eigenvalue weighted by atomic mass is 9.98. The van der Waals surface area contributed by atoms with Crippen LogP contribution in [0.4, 0.5) is 17.6 Å². The van der Waals surface area contributed by atoms with Crippen LogP contribution in [0.3, 0.4) is 0 Å². The lowest BCUT2D eigenvalue weighted by Gasteiger charge is -2.15. The maximum atomic E-state index is 14.4. The molecule has 0 aliphatic heterocycles. The zero-order valence-corrected chi connectivity index (χ0v) is 20.0. The zero-order chi connectivity index (χ0) is 26.0. The van der Waals surface area contributed by atoms with Crippen molar-refractivity contribution in [1.82, 2.24) is 19.8 Å². The van der Waals surface area contributed by atoms with Gasteiger partial charge in [-0.3, -0.25) is 4.79 Å². The predicted molar refractivity (Wildman–Crippen MR) is 122 cm³/mol. The van der Waals surface area contributed by atoms with Crippen LogP contribution >= 0.6 is 0 Å². The average Bonchev–Trinajstić information content (AvgIpc) is 3.20. The molecule has 0 bridgehead atoms. The fourth-order valence-electron chi connectivity index (χ4n) is 3.33. The van der Waals surface area contributed by atoms with Crippen molar-refractivity contribution in [2.45, 2.75) is 39.0 Å². The van der Waals surface area contributed by atoms with E-state index < -0.39 is 39.5 Å². The molecule has 188 valence electrons. The summed E-state index contributed by atoms with van der Waals surface area (Å²) in [6.07, 6.45) is -3.71. The van der Waals surface area contributed by atoms with Gasteiger partial charge in [-0.2, -0.15) is 18.3 Å². The number of hydrogen-bond acceptors (Lipinski definition) is 4. The van der Waals surface area contributed by atoms with Gasteiger partial charge in [-0.05, 0) is 49.2 Å². The minimum atomic E-state index is -4.66. The van der Waals surface area contributed by atoms with Crippen LogP contribution in [0.15, 0.2) is 48.5 Å². The van der Waals surface area contributed by atoms with Crippen molar-refractivity contribution in [3.63, 3.8) is 0 Å². The van der Waals surface area contributed by atoms with Crippen LogP contribution in [0.25, 0.3) is 5.69 Å². The SMILES string of the molecule is Cc1cccc(-n2nc(C(F)(F)F)cc2CNC(=O)C(C)c2ccc(CNS(C)(=O)=O)c(F)c2)c1. The first kappa shape index (κ1) is 26.4. The highest BCUT2D eigenvalue weighted by atomic mass is 32.2. The Kier molecular flexibility index (Phi) is 7.65. The smallest absolute Gasteiger partial charge is 0.350 e. The summed E-state index contributed by atoms with van der Waals surface area (Å²) < 4.78 is 80.0. The Balaban J connectivity index is 1.76. The minimum Gasteiger partial charge on any atom is -0.350 e. The number of benzene rings is 2. The highest BCUT2D eigenvalue weighted by Crippen LogP contribution is 2.30. The fourth-order valence-corrected chi connectivity index (χ4v) is 3.75. The number of halogens is 4. The van der Waals surface area contributed by atoms with E-state index in [0.717, 1.165) is 28.6 Å². The predicted octanol–water partition coefficient (Wildman–Crippen LogP) is 3.81. The van der Waals surface area contributed by atoms with Crippen LogP contribution in [0, 0.1) is 12.7 Å². The summed E-state index contributed by atoms with van der Waals surface area (Å²) in [4.78, 5) is 12.7. The van der Waals surface area contributed by atoms with Crippen LogP contribution in [0.1, 0.15) is 40.9 Å². The first-order chi connectivity index (χ1) is 16.2. The lowest BCUT2D eigenvalue weighted by Crippen LogP contribution is -2.28. The minimum absolute atomic E-state index is 0.105. The molecule has 0 spiro atoms. The Hall–Kier alpha value is -3.25. The van der Waals surface area contributed by atoms with Gasteiger partial charge in [-0.1, -0.05) is 24.3 Å². The van der Waals surface area contributed by atoms with Crippen molar-refractivity contribution in [2.75, 3.05) is 6.26 Å². The molecule has 0 saturated heterocycles. The number of rotatable bonds is 8. The Morgan fingerprint density at radius 2 is 1.83 bits per heavy atom. The van der Waals surface area contributed by atoms with Crippen molar-refractivity contribution in [3.05, 3.63) is 82.4 Å². The summed E-state index contributed by atoms with van der Waals surface area (Å²) in [5.74, 6) is -2.04. The van der Waals surface area contributed by atoms with Gasteiger partial charge in [-0.15, -0.1) is 0 Å². The van der Waals surface area contributed by atoms with Crippen molar-refractivity contribution in [1.29, 1.82) is 0 Å². The van der Waals surface area contributed by atoms with Gasteiger partial charge in [0.1, 0.15) is 5.82 Å². The van der Waals surface area contributed by atoms with Gasteiger partial charge in [0.05, 0.1) is 30.1 Å². The molecule has 1 amide bonds. The number of amides is 1. The molecule has 1 aromatic heterocycles. The van der Waals surface area contributed by atoms with Crippen LogP contribution in [-0.4, -0.2) is 30.4 Å². The Labute approximate surface area is 200 Å². The van der Waals surface area contributed by atoms with E-state index in [1.165, 1.54) is 19.1 Å². The van der Waals surface area contributed by atoms with Gasteiger partial charge in [0.2, 0.25) is 15.9 Å². The van der Waals surface area contributed by atoms with Gasteiger partial charge in [0, 0.05) is 12.1 Å². The number of nitrogens with one attached hydrogen (secondary N) is 2. The quantitative estimate of drug-likeness (QED) is 0.449. The third kappa shape index (κ3) is 6.89. The van der Waals surface area contributed by atoms with Gasteiger partial charge in [0.15, 0.2) is 5.69 Å². The van der Waals surface area contributed by atoms with E-state index in [1.807, 2.05) is 0 Å². The second kappa shape index (κ2) is 10.2. The van der Waals surface area contributed by atoms with Gasteiger partial charge in [0.25, 0.3) is 0 Å².